The molecule has 3 atom stereocenters. The standard InChI is InChI=1S/C11H16I2/c1-8(13)5-10-7-11(10)6-9(11)3-2-4-12/h5,9-10H,2-4,6-7H2,1H3/b8-5-/t9?,10?,11-/m1/s1. The van der Waals surface area contributed by atoms with Crippen molar-refractivity contribution >= 4 is 45.2 Å². The first-order valence-electron chi connectivity index (χ1n) is 5.09. The zero-order valence-electron chi connectivity index (χ0n) is 8.02. The second-order valence-electron chi connectivity index (χ2n) is 4.53. The highest BCUT2D eigenvalue weighted by atomic mass is 127. The van der Waals surface area contributed by atoms with E-state index >= 15 is 0 Å². The van der Waals surface area contributed by atoms with Gasteiger partial charge in [-0.2, -0.15) is 0 Å². The third-order valence-corrected chi connectivity index (χ3v) is 4.70. The Morgan fingerprint density at radius 3 is 2.92 bits per heavy atom. The molecule has 2 unspecified atom stereocenters. The van der Waals surface area contributed by atoms with Crippen molar-refractivity contribution in [2.45, 2.75) is 32.6 Å². The number of alkyl halides is 1. The second-order valence-corrected chi connectivity index (χ2v) is 7.31. The van der Waals surface area contributed by atoms with Gasteiger partial charge < -0.3 is 0 Å². The van der Waals surface area contributed by atoms with Crippen molar-refractivity contribution < 1.29 is 0 Å². The lowest BCUT2D eigenvalue weighted by Crippen LogP contribution is -1.85. The van der Waals surface area contributed by atoms with Crippen molar-refractivity contribution in [1.29, 1.82) is 0 Å². The first kappa shape index (κ1) is 10.7. The molecular weight excluding hydrogens is 386 g/mol. The Labute approximate surface area is 108 Å². The summed E-state index contributed by atoms with van der Waals surface area (Å²) >= 11 is 4.93. The first-order chi connectivity index (χ1) is 6.19. The minimum atomic E-state index is 0.832. The van der Waals surface area contributed by atoms with Gasteiger partial charge in [-0.1, -0.05) is 28.7 Å². The Balaban J connectivity index is 1.77. The molecule has 0 radical (unpaired) electrons. The SMILES string of the molecule is C/C(I)=C/C1C[C@@]12CC2CCCI. The summed E-state index contributed by atoms with van der Waals surface area (Å²) in [5, 5.41) is 0. The van der Waals surface area contributed by atoms with E-state index in [1.54, 1.807) is 0 Å². The zero-order chi connectivity index (χ0) is 9.47. The summed E-state index contributed by atoms with van der Waals surface area (Å²) in [6.45, 7) is 2.22. The van der Waals surface area contributed by atoms with Crippen molar-refractivity contribution in [1.82, 2.24) is 0 Å². The molecule has 2 heteroatoms. The maximum atomic E-state index is 2.49. The smallest absolute Gasteiger partial charge is 0.000462 e. The predicted molar refractivity (Wildman–Crippen MR) is 74.5 cm³/mol. The van der Waals surface area contributed by atoms with Crippen molar-refractivity contribution in [3.63, 3.8) is 0 Å². The highest BCUT2D eigenvalue weighted by Crippen LogP contribution is 2.76. The maximum absolute atomic E-state index is 2.49. The van der Waals surface area contributed by atoms with Gasteiger partial charge in [-0.05, 0) is 80.5 Å². The minimum Gasteiger partial charge on any atom is -0.0864 e. The van der Waals surface area contributed by atoms with E-state index in [2.05, 4.69) is 58.2 Å². The molecule has 2 aliphatic rings. The number of hydrogen-bond acceptors (Lipinski definition) is 0. The number of hydrogen-bond donors (Lipinski definition) is 0. The molecule has 0 aromatic rings. The molecule has 2 rings (SSSR count). The van der Waals surface area contributed by atoms with Crippen LogP contribution in [0.1, 0.15) is 32.6 Å². The van der Waals surface area contributed by atoms with Crippen LogP contribution in [0.5, 0.6) is 0 Å². The van der Waals surface area contributed by atoms with Crippen LogP contribution in [0.2, 0.25) is 0 Å². The molecule has 13 heavy (non-hydrogen) atoms. The Bertz CT molecular complexity index is 230. The normalized spacial score (nSPS) is 42.5. The summed E-state index contributed by atoms with van der Waals surface area (Å²) in [5.41, 5.74) is 0.832. The van der Waals surface area contributed by atoms with Crippen LogP contribution >= 0.6 is 45.2 Å². The van der Waals surface area contributed by atoms with Gasteiger partial charge in [-0.3, -0.25) is 0 Å². The molecule has 0 N–H and O–H groups in total. The molecule has 0 amide bonds. The average molecular weight is 402 g/mol. The molecule has 2 saturated carbocycles. The summed E-state index contributed by atoms with van der Waals surface area (Å²) in [6.07, 6.45) is 8.46. The molecular formula is C11H16I2. The predicted octanol–water partition coefficient (Wildman–Crippen LogP) is 4.57. The summed E-state index contributed by atoms with van der Waals surface area (Å²) in [4.78, 5) is 0. The quantitative estimate of drug-likeness (QED) is 0.478. The van der Waals surface area contributed by atoms with Gasteiger partial charge in [-0.25, -0.2) is 0 Å². The van der Waals surface area contributed by atoms with Gasteiger partial charge in [0.25, 0.3) is 0 Å². The van der Waals surface area contributed by atoms with Gasteiger partial charge >= 0.3 is 0 Å². The van der Waals surface area contributed by atoms with Gasteiger partial charge in [0, 0.05) is 0 Å². The van der Waals surface area contributed by atoms with Gasteiger partial charge in [0.05, 0.1) is 0 Å². The van der Waals surface area contributed by atoms with Gasteiger partial charge in [-0.15, -0.1) is 0 Å². The monoisotopic (exact) mass is 402 g/mol. The van der Waals surface area contributed by atoms with Crippen LogP contribution in [0, 0.1) is 17.3 Å². The van der Waals surface area contributed by atoms with E-state index in [0.717, 1.165) is 17.3 Å². The van der Waals surface area contributed by atoms with Crippen LogP contribution in [0.15, 0.2) is 9.66 Å². The molecule has 1 spiro atoms. The highest BCUT2D eigenvalue weighted by Gasteiger charge is 2.68. The third kappa shape index (κ3) is 2.24. The van der Waals surface area contributed by atoms with Crippen molar-refractivity contribution in [3.05, 3.63) is 9.66 Å². The molecule has 0 aliphatic heterocycles. The fraction of sp³-hybridized carbons (Fsp3) is 0.818. The average Bonchev–Trinajstić information content (AvgIpc) is 2.90. The second kappa shape index (κ2) is 3.99. The van der Waals surface area contributed by atoms with Crippen LogP contribution < -0.4 is 0 Å². The molecule has 2 fully saturated rings. The molecule has 0 aromatic carbocycles. The molecule has 0 saturated heterocycles. The molecule has 2 aliphatic carbocycles. The number of halogens is 2. The summed E-state index contributed by atoms with van der Waals surface area (Å²) in [5.74, 6) is 2.06. The molecule has 74 valence electrons. The Hall–Kier alpha value is 1.20. The maximum Gasteiger partial charge on any atom is -0.000462 e. The molecule has 0 nitrogen and oxygen atoms in total. The van der Waals surface area contributed by atoms with E-state index in [-0.39, 0.29) is 0 Å². The zero-order valence-corrected chi connectivity index (χ0v) is 12.3. The Kier molecular flexibility index (Phi) is 3.28. The van der Waals surface area contributed by atoms with Crippen LogP contribution in [0.4, 0.5) is 0 Å². The van der Waals surface area contributed by atoms with Crippen molar-refractivity contribution in [2.75, 3.05) is 4.43 Å². The fourth-order valence-electron chi connectivity index (χ4n) is 2.67. The molecule has 0 bridgehead atoms. The van der Waals surface area contributed by atoms with E-state index in [9.17, 15) is 0 Å². The first-order valence-corrected chi connectivity index (χ1v) is 7.69. The summed E-state index contributed by atoms with van der Waals surface area (Å²) < 4.78 is 2.83. The number of rotatable bonds is 4. The van der Waals surface area contributed by atoms with E-state index in [1.165, 1.54) is 33.7 Å². The lowest BCUT2D eigenvalue weighted by Gasteiger charge is -1.94. The largest absolute Gasteiger partial charge is 0.0864 e. The topological polar surface area (TPSA) is 0 Å². The summed E-state index contributed by atoms with van der Waals surface area (Å²) in [6, 6.07) is 0. The molecule has 0 heterocycles. The summed E-state index contributed by atoms with van der Waals surface area (Å²) in [7, 11) is 0. The lowest BCUT2D eigenvalue weighted by atomic mass is 10.1. The van der Waals surface area contributed by atoms with Crippen molar-refractivity contribution in [3.8, 4) is 0 Å². The van der Waals surface area contributed by atoms with E-state index < -0.39 is 0 Å². The fourth-order valence-corrected chi connectivity index (χ4v) is 3.54. The number of allylic oxidation sites excluding steroid dienone is 2. The Morgan fingerprint density at radius 2 is 2.31 bits per heavy atom. The van der Waals surface area contributed by atoms with Gasteiger partial charge in [0.1, 0.15) is 0 Å². The lowest BCUT2D eigenvalue weighted by molar-refractivity contribution is 0.619. The van der Waals surface area contributed by atoms with Crippen LogP contribution in [0.25, 0.3) is 0 Å². The molecule has 0 aromatic heterocycles. The van der Waals surface area contributed by atoms with E-state index in [1.807, 2.05) is 0 Å². The third-order valence-electron chi connectivity index (χ3n) is 3.57. The van der Waals surface area contributed by atoms with Crippen molar-refractivity contribution in [2.24, 2.45) is 17.3 Å². The van der Waals surface area contributed by atoms with Gasteiger partial charge in [0.15, 0.2) is 0 Å². The highest BCUT2D eigenvalue weighted by molar-refractivity contribution is 14.1. The van der Waals surface area contributed by atoms with Crippen LogP contribution in [-0.2, 0) is 0 Å². The van der Waals surface area contributed by atoms with Crippen LogP contribution in [0.3, 0.4) is 0 Å². The van der Waals surface area contributed by atoms with Gasteiger partial charge in [0.2, 0.25) is 0 Å². The Morgan fingerprint density at radius 1 is 1.54 bits per heavy atom. The van der Waals surface area contributed by atoms with Crippen LogP contribution in [-0.4, -0.2) is 4.43 Å². The minimum absolute atomic E-state index is 0.832. The van der Waals surface area contributed by atoms with E-state index in [4.69, 9.17) is 0 Å². The van der Waals surface area contributed by atoms with E-state index in [0.29, 0.717) is 0 Å².